The third-order valence-electron chi connectivity index (χ3n) is 2.84. The van der Waals surface area contributed by atoms with Crippen LogP contribution in [0.5, 0.6) is 5.75 Å². The van der Waals surface area contributed by atoms with E-state index in [4.69, 9.17) is 10.00 Å². The molecule has 0 fully saturated rings. The molecular weight excluding hydrogens is 186 g/mol. The number of fused-ring (bicyclic) bond motifs is 1. The van der Waals surface area contributed by atoms with E-state index in [2.05, 4.69) is 12.1 Å². The van der Waals surface area contributed by atoms with Gasteiger partial charge in [-0.2, -0.15) is 5.26 Å². The summed E-state index contributed by atoms with van der Waals surface area (Å²) in [5.74, 6) is 0.904. The number of hydrogen-bond acceptors (Lipinski definition) is 2. The van der Waals surface area contributed by atoms with Gasteiger partial charge in [-0.25, -0.2) is 0 Å². The average Bonchev–Trinajstić information content (AvgIpc) is 2.29. The first kappa shape index (κ1) is 10.0. The molecule has 0 aromatic heterocycles. The van der Waals surface area contributed by atoms with E-state index in [1.807, 2.05) is 12.1 Å². The summed E-state index contributed by atoms with van der Waals surface area (Å²) < 4.78 is 5.60. The van der Waals surface area contributed by atoms with Crippen LogP contribution in [0.25, 0.3) is 0 Å². The predicted octanol–water partition coefficient (Wildman–Crippen LogP) is 2.86. The number of rotatable bonds is 2. The van der Waals surface area contributed by atoms with E-state index >= 15 is 0 Å². The molecule has 1 aromatic rings. The minimum atomic E-state index is -0.363. The maximum absolute atomic E-state index is 8.73. The highest BCUT2D eigenvalue weighted by Crippen LogP contribution is 2.29. The summed E-state index contributed by atoms with van der Waals surface area (Å²) in [6.45, 7) is 1.78. The van der Waals surface area contributed by atoms with E-state index in [9.17, 15) is 0 Å². The van der Waals surface area contributed by atoms with Crippen molar-refractivity contribution in [2.75, 3.05) is 0 Å². The van der Waals surface area contributed by atoms with Crippen molar-refractivity contribution in [2.45, 2.75) is 38.7 Å². The van der Waals surface area contributed by atoms with Gasteiger partial charge in [-0.15, -0.1) is 0 Å². The van der Waals surface area contributed by atoms with Crippen LogP contribution in [0.3, 0.4) is 0 Å². The van der Waals surface area contributed by atoms with Crippen molar-refractivity contribution < 1.29 is 4.74 Å². The Morgan fingerprint density at radius 3 is 2.93 bits per heavy atom. The van der Waals surface area contributed by atoms with E-state index < -0.39 is 0 Å². The number of benzene rings is 1. The van der Waals surface area contributed by atoms with Gasteiger partial charge in [0, 0.05) is 0 Å². The van der Waals surface area contributed by atoms with Gasteiger partial charge in [-0.3, -0.25) is 0 Å². The van der Waals surface area contributed by atoms with Crippen molar-refractivity contribution in [1.29, 1.82) is 5.26 Å². The molecule has 0 amide bonds. The lowest BCUT2D eigenvalue weighted by molar-refractivity contribution is 0.272. The quantitative estimate of drug-likeness (QED) is 0.737. The van der Waals surface area contributed by atoms with Gasteiger partial charge in [-0.1, -0.05) is 12.1 Å². The first-order valence-corrected chi connectivity index (χ1v) is 5.48. The molecule has 15 heavy (non-hydrogen) atoms. The second-order valence-corrected chi connectivity index (χ2v) is 3.99. The fourth-order valence-corrected chi connectivity index (χ4v) is 2.07. The van der Waals surface area contributed by atoms with Gasteiger partial charge in [0.1, 0.15) is 11.8 Å². The lowest BCUT2D eigenvalue weighted by atomic mass is 9.91. The molecule has 2 nitrogen and oxygen atoms in total. The Kier molecular flexibility index (Phi) is 2.91. The largest absolute Gasteiger partial charge is 0.476 e. The minimum absolute atomic E-state index is 0.363. The van der Waals surface area contributed by atoms with Crippen molar-refractivity contribution in [2.24, 2.45) is 0 Å². The fraction of sp³-hybridized carbons (Fsp3) is 0.462. The SMILES string of the molecule is CC(C#N)Oc1cccc2c1CCCC2. The molecule has 0 bridgehead atoms. The number of nitrogens with zero attached hydrogens (tertiary/aromatic N) is 1. The van der Waals surface area contributed by atoms with Gasteiger partial charge >= 0.3 is 0 Å². The molecule has 0 saturated heterocycles. The summed E-state index contributed by atoms with van der Waals surface area (Å²) in [4.78, 5) is 0. The zero-order valence-electron chi connectivity index (χ0n) is 8.99. The third-order valence-corrected chi connectivity index (χ3v) is 2.84. The van der Waals surface area contributed by atoms with Crippen molar-refractivity contribution in [3.63, 3.8) is 0 Å². The molecule has 78 valence electrons. The molecule has 0 N–H and O–H groups in total. The van der Waals surface area contributed by atoms with Crippen molar-refractivity contribution in [1.82, 2.24) is 0 Å². The molecular formula is C13H15NO. The Balaban J connectivity index is 2.28. The van der Waals surface area contributed by atoms with Crippen LogP contribution in [-0.4, -0.2) is 6.10 Å². The van der Waals surface area contributed by atoms with Crippen LogP contribution in [0.1, 0.15) is 30.9 Å². The summed E-state index contributed by atoms with van der Waals surface area (Å²) in [6, 6.07) is 8.25. The Morgan fingerprint density at radius 2 is 2.13 bits per heavy atom. The normalized spacial score (nSPS) is 16.3. The van der Waals surface area contributed by atoms with Crippen LogP contribution >= 0.6 is 0 Å². The molecule has 1 aliphatic carbocycles. The van der Waals surface area contributed by atoms with Gasteiger partial charge in [0.25, 0.3) is 0 Å². The Bertz CT molecular complexity index is 392. The first-order chi connectivity index (χ1) is 7.31. The van der Waals surface area contributed by atoms with E-state index in [1.165, 1.54) is 24.0 Å². The average molecular weight is 201 g/mol. The second-order valence-electron chi connectivity index (χ2n) is 3.99. The maximum atomic E-state index is 8.73. The Labute approximate surface area is 90.5 Å². The van der Waals surface area contributed by atoms with Gasteiger partial charge in [-0.05, 0) is 49.8 Å². The second kappa shape index (κ2) is 4.35. The molecule has 1 aliphatic rings. The molecule has 0 radical (unpaired) electrons. The number of hydrogen-bond donors (Lipinski definition) is 0. The molecule has 0 aliphatic heterocycles. The van der Waals surface area contributed by atoms with Gasteiger partial charge in [0.2, 0.25) is 0 Å². The van der Waals surface area contributed by atoms with Crippen molar-refractivity contribution >= 4 is 0 Å². The lowest BCUT2D eigenvalue weighted by Crippen LogP contribution is -2.12. The number of nitriles is 1. The molecule has 1 aromatic carbocycles. The number of ether oxygens (including phenoxy) is 1. The van der Waals surface area contributed by atoms with Crippen LogP contribution in [0.15, 0.2) is 18.2 Å². The van der Waals surface area contributed by atoms with E-state index in [0.29, 0.717) is 0 Å². The van der Waals surface area contributed by atoms with Crippen molar-refractivity contribution in [3.8, 4) is 11.8 Å². The minimum Gasteiger partial charge on any atom is -0.476 e. The van der Waals surface area contributed by atoms with Crippen LogP contribution < -0.4 is 4.74 Å². The molecule has 1 atom stereocenters. The van der Waals surface area contributed by atoms with E-state index in [0.717, 1.165) is 18.6 Å². The molecule has 0 heterocycles. The molecule has 1 unspecified atom stereocenters. The van der Waals surface area contributed by atoms with Gasteiger partial charge in [0.05, 0.1) is 0 Å². The lowest BCUT2D eigenvalue weighted by Gasteiger charge is -2.20. The highest BCUT2D eigenvalue weighted by Gasteiger charge is 2.14. The third kappa shape index (κ3) is 2.12. The molecule has 0 spiro atoms. The number of aryl methyl sites for hydroxylation is 1. The maximum Gasteiger partial charge on any atom is 0.181 e. The highest BCUT2D eigenvalue weighted by atomic mass is 16.5. The van der Waals surface area contributed by atoms with Crippen LogP contribution in [0.2, 0.25) is 0 Å². The predicted molar refractivity (Wildman–Crippen MR) is 58.8 cm³/mol. The molecule has 2 heteroatoms. The molecule has 2 rings (SSSR count). The zero-order valence-corrected chi connectivity index (χ0v) is 8.99. The van der Waals surface area contributed by atoms with Gasteiger partial charge < -0.3 is 4.74 Å². The van der Waals surface area contributed by atoms with Crippen molar-refractivity contribution in [3.05, 3.63) is 29.3 Å². The molecule has 0 saturated carbocycles. The van der Waals surface area contributed by atoms with Crippen LogP contribution in [0.4, 0.5) is 0 Å². The van der Waals surface area contributed by atoms with E-state index in [1.54, 1.807) is 6.92 Å². The summed E-state index contributed by atoms with van der Waals surface area (Å²) >= 11 is 0. The highest BCUT2D eigenvalue weighted by molar-refractivity contribution is 5.42. The fourth-order valence-electron chi connectivity index (χ4n) is 2.07. The monoisotopic (exact) mass is 201 g/mol. The first-order valence-electron chi connectivity index (χ1n) is 5.48. The van der Waals surface area contributed by atoms with Crippen LogP contribution in [-0.2, 0) is 12.8 Å². The summed E-state index contributed by atoms with van der Waals surface area (Å²) in [7, 11) is 0. The summed E-state index contributed by atoms with van der Waals surface area (Å²) in [6.07, 6.45) is 4.37. The summed E-state index contributed by atoms with van der Waals surface area (Å²) in [5, 5.41) is 8.73. The standard InChI is InChI=1S/C13H15NO/c1-10(9-14)15-13-8-4-6-11-5-2-3-7-12(11)13/h4,6,8,10H,2-3,5,7H2,1H3. The van der Waals surface area contributed by atoms with Gasteiger partial charge in [0.15, 0.2) is 6.10 Å². The Hall–Kier alpha value is -1.49. The smallest absolute Gasteiger partial charge is 0.181 e. The Morgan fingerprint density at radius 1 is 1.33 bits per heavy atom. The topological polar surface area (TPSA) is 33.0 Å². The zero-order chi connectivity index (χ0) is 10.7. The van der Waals surface area contributed by atoms with E-state index in [-0.39, 0.29) is 6.10 Å². The summed E-state index contributed by atoms with van der Waals surface area (Å²) in [5.41, 5.74) is 2.70. The van der Waals surface area contributed by atoms with Crippen LogP contribution in [0, 0.1) is 11.3 Å².